The van der Waals surface area contributed by atoms with Gasteiger partial charge in [-0.15, -0.1) is 0 Å². The molecule has 3 fully saturated rings. The molecular formula is C48H77N7O15. The largest absolute Gasteiger partial charge is 0.508 e. The summed E-state index contributed by atoms with van der Waals surface area (Å²) in [6, 6.07) is -5.18. The number of fused-ring (bicyclic) bond motifs is 2. The maximum Gasteiger partial charge on any atom is 0.248 e. The summed E-state index contributed by atoms with van der Waals surface area (Å²) < 4.78 is 0. The maximum atomic E-state index is 14.3. The predicted octanol–water partition coefficient (Wildman–Crippen LogP) is -2.08. The number of phenolic OH excluding ortho intramolecular Hbond substituents is 1. The van der Waals surface area contributed by atoms with E-state index in [1.807, 2.05) is 0 Å². The van der Waals surface area contributed by atoms with E-state index in [1.165, 1.54) is 50.5 Å². The number of unbranched alkanes of at least 4 members (excludes halogenated alkanes) is 7. The second kappa shape index (κ2) is 27.6. The Morgan fingerprint density at radius 2 is 1.36 bits per heavy atom. The summed E-state index contributed by atoms with van der Waals surface area (Å²) in [7, 11) is 0. The van der Waals surface area contributed by atoms with Gasteiger partial charge in [-0.2, -0.15) is 0 Å². The number of nitrogens with zero attached hydrogens (tertiary/aromatic N) is 2. The van der Waals surface area contributed by atoms with Crippen molar-refractivity contribution < 1.29 is 74.4 Å². The maximum absolute atomic E-state index is 14.3. The molecule has 4 rings (SSSR count). The highest BCUT2D eigenvalue weighted by Gasteiger charge is 2.49. The molecule has 14 atom stereocenters. The molecule has 22 nitrogen and oxygen atoms in total. The summed E-state index contributed by atoms with van der Waals surface area (Å²) in [6.45, 7) is 5.23. The first-order valence-electron chi connectivity index (χ1n) is 24.8. The Labute approximate surface area is 408 Å². The second-order valence-corrected chi connectivity index (χ2v) is 19.5. The minimum Gasteiger partial charge on any atom is -0.508 e. The number of amides is 7. The van der Waals surface area contributed by atoms with Gasteiger partial charge in [-0.1, -0.05) is 90.7 Å². The number of aliphatic hydroxyl groups excluding tert-OH is 7. The lowest BCUT2D eigenvalue weighted by Gasteiger charge is -2.32. The van der Waals surface area contributed by atoms with Gasteiger partial charge in [-0.05, 0) is 37.0 Å². The molecule has 3 aliphatic heterocycles. The van der Waals surface area contributed by atoms with E-state index < -0.39 is 146 Å². The number of carbonyl (C=O) groups excluding carboxylic acids is 7. The van der Waals surface area contributed by atoms with Gasteiger partial charge in [0, 0.05) is 44.7 Å². The number of hydrogen-bond acceptors (Lipinski definition) is 15. The molecule has 70 heavy (non-hydrogen) atoms. The second-order valence-electron chi connectivity index (χ2n) is 19.5. The van der Waals surface area contributed by atoms with Crippen LogP contribution in [0, 0.1) is 11.8 Å². The van der Waals surface area contributed by atoms with Crippen LogP contribution in [0.1, 0.15) is 117 Å². The third kappa shape index (κ3) is 16.3. The zero-order valence-corrected chi connectivity index (χ0v) is 40.7. The third-order valence-electron chi connectivity index (χ3n) is 13.7. The number of nitrogens with one attached hydrogen (secondary N) is 5. The van der Waals surface area contributed by atoms with Crippen LogP contribution in [-0.2, 0) is 40.0 Å². The van der Waals surface area contributed by atoms with Crippen molar-refractivity contribution in [1.82, 2.24) is 36.4 Å². The van der Waals surface area contributed by atoms with E-state index >= 15 is 0 Å². The van der Waals surface area contributed by atoms with Crippen molar-refractivity contribution in [2.24, 2.45) is 11.8 Å². The van der Waals surface area contributed by atoms with Gasteiger partial charge in [0.15, 0.2) is 6.23 Å². The Morgan fingerprint density at radius 3 is 1.97 bits per heavy atom. The van der Waals surface area contributed by atoms with Crippen LogP contribution in [0.3, 0.4) is 0 Å². The molecule has 3 saturated heterocycles. The van der Waals surface area contributed by atoms with Crippen LogP contribution in [0.5, 0.6) is 5.75 Å². The van der Waals surface area contributed by atoms with Gasteiger partial charge in [0.1, 0.15) is 48.1 Å². The van der Waals surface area contributed by atoms with Crippen molar-refractivity contribution in [3.05, 3.63) is 29.8 Å². The third-order valence-corrected chi connectivity index (χ3v) is 13.7. The number of aromatic hydroxyl groups is 1. The first kappa shape index (κ1) is 57.6. The fraction of sp³-hybridized carbons (Fsp3) is 0.729. The summed E-state index contributed by atoms with van der Waals surface area (Å²) in [6.07, 6.45) is -2.14. The lowest BCUT2D eigenvalue weighted by molar-refractivity contribution is -0.147. The average molecular weight is 992 g/mol. The van der Waals surface area contributed by atoms with E-state index in [0.717, 1.165) is 54.7 Å². The molecule has 1 aromatic carbocycles. The topological polar surface area (TPSA) is 348 Å². The van der Waals surface area contributed by atoms with Crippen molar-refractivity contribution in [1.29, 1.82) is 0 Å². The normalized spacial score (nSPS) is 30.0. The molecule has 3 heterocycles. The van der Waals surface area contributed by atoms with Crippen molar-refractivity contribution in [2.45, 2.75) is 191 Å². The van der Waals surface area contributed by atoms with Gasteiger partial charge >= 0.3 is 0 Å². The first-order chi connectivity index (χ1) is 33.2. The average Bonchev–Trinajstić information content (AvgIpc) is 3.86. The van der Waals surface area contributed by atoms with Crippen LogP contribution in [0.15, 0.2) is 24.3 Å². The molecular weight excluding hydrogens is 915 g/mol. The van der Waals surface area contributed by atoms with E-state index in [1.54, 1.807) is 0 Å². The summed E-state index contributed by atoms with van der Waals surface area (Å²) in [4.78, 5) is 99.4. The SMILES string of the molecule is CCC(C)CCCCCCCCCCC(=O)N[C@H]1CC(O)C(O)NC(=O)[C@@H]2[C@@H](O)[C@@H](C)CN2C(=O)[C@H](CO)NC(=O)[C@H]([C@@H](O)Cc2ccc(O)cc2)NC(=O)[C@@H]2C[C@@H](O)CN2C(=O)[C@H]([C@@H](C)O)NC1=O. The lowest BCUT2D eigenvalue weighted by atomic mass is 9.99. The number of aliphatic hydroxyl groups is 7. The van der Waals surface area contributed by atoms with Gasteiger partial charge in [0.25, 0.3) is 0 Å². The number of hydrogen-bond donors (Lipinski definition) is 13. The van der Waals surface area contributed by atoms with E-state index in [-0.39, 0.29) is 25.1 Å². The molecule has 1 aromatic rings. The van der Waals surface area contributed by atoms with Gasteiger partial charge in [-0.25, -0.2) is 0 Å². The Morgan fingerprint density at radius 1 is 0.743 bits per heavy atom. The molecule has 0 spiro atoms. The number of benzene rings is 1. The first-order valence-corrected chi connectivity index (χ1v) is 24.8. The van der Waals surface area contributed by atoms with Crippen LogP contribution in [0.25, 0.3) is 0 Å². The molecule has 394 valence electrons. The lowest BCUT2D eigenvalue weighted by Crippen LogP contribution is -2.63. The predicted molar refractivity (Wildman–Crippen MR) is 252 cm³/mol. The Hall–Kier alpha value is -4.97. The Kier molecular flexibility index (Phi) is 22.7. The minimum absolute atomic E-state index is 0.0340. The van der Waals surface area contributed by atoms with Crippen molar-refractivity contribution in [3.8, 4) is 5.75 Å². The van der Waals surface area contributed by atoms with Gasteiger partial charge in [0.2, 0.25) is 41.4 Å². The summed E-state index contributed by atoms with van der Waals surface area (Å²) in [5.74, 6) is -7.57. The smallest absolute Gasteiger partial charge is 0.248 e. The molecule has 0 bridgehead atoms. The van der Waals surface area contributed by atoms with E-state index in [2.05, 4.69) is 40.4 Å². The fourth-order valence-corrected chi connectivity index (χ4v) is 9.14. The molecule has 3 unspecified atom stereocenters. The molecule has 3 aliphatic rings. The summed E-state index contributed by atoms with van der Waals surface area (Å²) >= 11 is 0. The molecule has 0 saturated carbocycles. The number of carbonyl (C=O) groups is 7. The van der Waals surface area contributed by atoms with Gasteiger partial charge in [-0.3, -0.25) is 33.6 Å². The summed E-state index contributed by atoms with van der Waals surface area (Å²) in [5, 5.41) is 98.5. The Bertz CT molecular complexity index is 1910. The van der Waals surface area contributed by atoms with Crippen molar-refractivity contribution in [2.75, 3.05) is 19.7 Å². The highest BCUT2D eigenvalue weighted by atomic mass is 16.3. The minimum atomic E-state index is -2.19. The zero-order valence-electron chi connectivity index (χ0n) is 40.7. The van der Waals surface area contributed by atoms with E-state index in [4.69, 9.17) is 0 Å². The standard InChI is InChI=1S/C48H77N7O15/c1-5-26(2)14-12-10-8-6-7-9-11-13-15-37(62)49-32-22-36(61)44(66)53-46(68)40-41(63)27(3)23-55(40)47(69)33(25-56)50-45(67)39(35(60)20-29-16-18-30(58)19-17-29)52-43(65)34-21-31(59)24-54(34)48(70)38(28(4)57)51-42(32)64/h16-19,26-28,31-36,38-41,44,56-61,63,66H,5-15,20-25H2,1-4H3,(H,49,62)(H,50,67)(H,51,64)(H,52,65)(H,53,68)/t26?,27-,28+,31+,32-,33-,34-,35-,36?,38-,39-,40-,41-,44?/m0/s1. The molecule has 22 heteroatoms. The highest BCUT2D eigenvalue weighted by Crippen LogP contribution is 2.26. The molecule has 0 aliphatic carbocycles. The quantitative estimate of drug-likeness (QED) is 0.0703. The number of phenols is 1. The van der Waals surface area contributed by atoms with Crippen molar-refractivity contribution in [3.63, 3.8) is 0 Å². The van der Waals surface area contributed by atoms with E-state index in [0.29, 0.717) is 18.4 Å². The van der Waals surface area contributed by atoms with Gasteiger partial charge < -0.3 is 77.2 Å². The van der Waals surface area contributed by atoms with Crippen molar-refractivity contribution >= 4 is 41.4 Å². The zero-order chi connectivity index (χ0) is 51.8. The Balaban J connectivity index is 1.63. The van der Waals surface area contributed by atoms with Crippen LogP contribution in [-0.4, -0.2) is 185 Å². The van der Waals surface area contributed by atoms with E-state index in [9.17, 15) is 74.4 Å². The molecule has 13 N–H and O–H groups in total. The van der Waals surface area contributed by atoms with Gasteiger partial charge in [0.05, 0.1) is 31.0 Å². The molecule has 7 amide bonds. The summed E-state index contributed by atoms with van der Waals surface area (Å²) in [5.41, 5.74) is 0.382. The monoisotopic (exact) mass is 992 g/mol. The molecule has 0 aromatic heterocycles. The molecule has 0 radical (unpaired) electrons. The van der Waals surface area contributed by atoms with Crippen LogP contribution in [0.4, 0.5) is 0 Å². The highest BCUT2D eigenvalue weighted by molar-refractivity contribution is 5.98. The van der Waals surface area contributed by atoms with Crippen LogP contribution >= 0.6 is 0 Å². The fourth-order valence-electron chi connectivity index (χ4n) is 9.14. The van der Waals surface area contributed by atoms with Crippen LogP contribution in [0.2, 0.25) is 0 Å². The van der Waals surface area contributed by atoms with Crippen LogP contribution < -0.4 is 26.6 Å². The number of rotatable bonds is 18.